The Bertz CT molecular complexity index is 902. The highest BCUT2D eigenvalue weighted by atomic mass is 16.6. The molecule has 10 nitrogen and oxygen atoms in total. The van der Waals surface area contributed by atoms with Gasteiger partial charge in [-0.15, -0.1) is 0 Å². The molecule has 0 heterocycles. The highest BCUT2D eigenvalue weighted by Crippen LogP contribution is 2.28. The number of carbonyl (C=O) groups excluding carboxylic acids is 2. The van der Waals surface area contributed by atoms with Crippen molar-refractivity contribution in [2.24, 2.45) is 0 Å². The molecule has 2 aromatic rings. The Labute approximate surface area is 167 Å². The summed E-state index contributed by atoms with van der Waals surface area (Å²) in [5.41, 5.74) is 0.742. The summed E-state index contributed by atoms with van der Waals surface area (Å²) in [5, 5.41) is 16.2. The van der Waals surface area contributed by atoms with E-state index in [9.17, 15) is 19.7 Å². The minimum absolute atomic E-state index is 0.0119. The Hall–Kier alpha value is -3.66. The van der Waals surface area contributed by atoms with E-state index in [4.69, 9.17) is 9.47 Å². The summed E-state index contributed by atoms with van der Waals surface area (Å²) in [6.07, 6.45) is 0. The van der Waals surface area contributed by atoms with Gasteiger partial charge in [0.1, 0.15) is 11.5 Å². The van der Waals surface area contributed by atoms with E-state index in [-0.39, 0.29) is 30.4 Å². The second kappa shape index (κ2) is 10.0. The number of nitro groups is 1. The van der Waals surface area contributed by atoms with Gasteiger partial charge in [0.25, 0.3) is 5.69 Å². The zero-order chi connectivity index (χ0) is 21.4. The van der Waals surface area contributed by atoms with E-state index in [1.54, 1.807) is 31.3 Å². The summed E-state index contributed by atoms with van der Waals surface area (Å²) < 4.78 is 10.2. The van der Waals surface area contributed by atoms with Crippen LogP contribution in [0.25, 0.3) is 0 Å². The maximum atomic E-state index is 12.2. The molecule has 0 spiro atoms. The lowest BCUT2D eigenvalue weighted by Gasteiger charge is -2.17. The van der Waals surface area contributed by atoms with Crippen molar-refractivity contribution in [1.82, 2.24) is 4.90 Å². The van der Waals surface area contributed by atoms with Gasteiger partial charge in [-0.3, -0.25) is 24.6 Å². The van der Waals surface area contributed by atoms with E-state index in [1.165, 1.54) is 37.3 Å². The third-order valence-corrected chi connectivity index (χ3v) is 3.85. The van der Waals surface area contributed by atoms with Gasteiger partial charge in [0.15, 0.2) is 0 Å². The zero-order valence-corrected chi connectivity index (χ0v) is 16.3. The van der Waals surface area contributed by atoms with Crippen LogP contribution in [0.15, 0.2) is 42.5 Å². The molecule has 2 N–H and O–H groups in total. The number of benzene rings is 2. The van der Waals surface area contributed by atoms with Gasteiger partial charge in [-0.1, -0.05) is 6.07 Å². The number of hydrogen-bond donors (Lipinski definition) is 2. The Kier molecular flexibility index (Phi) is 7.49. The Morgan fingerprint density at radius 1 is 1.03 bits per heavy atom. The molecule has 0 aliphatic heterocycles. The van der Waals surface area contributed by atoms with Gasteiger partial charge in [-0.05, 0) is 25.2 Å². The summed E-state index contributed by atoms with van der Waals surface area (Å²) in [7, 11) is 4.51. The van der Waals surface area contributed by atoms with Crippen LogP contribution in [-0.4, -0.2) is 56.0 Å². The third-order valence-electron chi connectivity index (χ3n) is 3.85. The second-order valence-electron chi connectivity index (χ2n) is 6.14. The van der Waals surface area contributed by atoms with Crippen LogP contribution in [0, 0.1) is 10.1 Å². The fourth-order valence-electron chi connectivity index (χ4n) is 2.53. The molecule has 0 bridgehead atoms. The molecule has 0 aliphatic carbocycles. The monoisotopic (exact) mass is 402 g/mol. The normalized spacial score (nSPS) is 10.3. The number of rotatable bonds is 9. The van der Waals surface area contributed by atoms with E-state index in [0.29, 0.717) is 17.1 Å². The molecule has 2 amide bonds. The molecule has 0 atom stereocenters. The lowest BCUT2D eigenvalue weighted by Crippen LogP contribution is -2.36. The molecule has 29 heavy (non-hydrogen) atoms. The molecule has 0 saturated heterocycles. The molecule has 0 fully saturated rings. The highest BCUT2D eigenvalue weighted by molar-refractivity contribution is 5.95. The van der Waals surface area contributed by atoms with Gasteiger partial charge >= 0.3 is 0 Å². The van der Waals surface area contributed by atoms with Gasteiger partial charge in [0.05, 0.1) is 44.0 Å². The maximum absolute atomic E-state index is 12.2. The van der Waals surface area contributed by atoms with Gasteiger partial charge in [0, 0.05) is 17.8 Å². The number of nitro benzene ring substituents is 1. The van der Waals surface area contributed by atoms with E-state index >= 15 is 0 Å². The van der Waals surface area contributed by atoms with Crippen molar-refractivity contribution in [3.63, 3.8) is 0 Å². The molecule has 2 rings (SSSR count). The van der Waals surface area contributed by atoms with E-state index in [2.05, 4.69) is 10.6 Å². The molecule has 0 aliphatic rings. The number of ether oxygens (including phenoxy) is 2. The summed E-state index contributed by atoms with van der Waals surface area (Å²) in [6.45, 7) is -0.0757. The first-order chi connectivity index (χ1) is 13.8. The summed E-state index contributed by atoms with van der Waals surface area (Å²) in [5.74, 6) is 0.105. The number of nitrogens with one attached hydrogen (secondary N) is 2. The number of amides is 2. The predicted molar refractivity (Wildman–Crippen MR) is 107 cm³/mol. The Morgan fingerprint density at radius 3 is 2.34 bits per heavy atom. The molecule has 0 unspecified atom stereocenters. The number of hydrogen-bond acceptors (Lipinski definition) is 7. The largest absolute Gasteiger partial charge is 0.497 e. The van der Waals surface area contributed by atoms with Crippen molar-refractivity contribution < 1.29 is 24.0 Å². The minimum Gasteiger partial charge on any atom is -0.497 e. The van der Waals surface area contributed by atoms with Gasteiger partial charge in [-0.25, -0.2) is 0 Å². The number of anilines is 2. The average Bonchev–Trinajstić information content (AvgIpc) is 2.67. The average molecular weight is 402 g/mol. The van der Waals surface area contributed by atoms with E-state index in [1.807, 2.05) is 0 Å². The van der Waals surface area contributed by atoms with Gasteiger partial charge < -0.3 is 20.1 Å². The molecule has 10 heteroatoms. The quantitative estimate of drug-likeness (QED) is 0.486. The number of methoxy groups -OCH3 is 2. The number of carbonyl (C=O) groups is 2. The fraction of sp³-hybridized carbons (Fsp3) is 0.263. The number of likely N-dealkylation sites (N-methyl/N-ethyl adjacent to an activating group) is 1. The Morgan fingerprint density at radius 2 is 1.72 bits per heavy atom. The molecule has 0 radical (unpaired) electrons. The first kappa shape index (κ1) is 21.6. The van der Waals surface area contributed by atoms with Crippen LogP contribution >= 0.6 is 0 Å². The molecular weight excluding hydrogens is 380 g/mol. The van der Waals surface area contributed by atoms with Crippen LogP contribution in [0.2, 0.25) is 0 Å². The van der Waals surface area contributed by atoms with Crippen LogP contribution in [0.3, 0.4) is 0 Å². The lowest BCUT2D eigenvalue weighted by molar-refractivity contribution is -0.384. The van der Waals surface area contributed by atoms with Crippen molar-refractivity contribution >= 4 is 28.9 Å². The molecule has 0 saturated carbocycles. The van der Waals surface area contributed by atoms with E-state index < -0.39 is 10.8 Å². The summed E-state index contributed by atoms with van der Waals surface area (Å²) in [4.78, 5) is 36.2. The van der Waals surface area contributed by atoms with Gasteiger partial charge in [0.2, 0.25) is 11.8 Å². The van der Waals surface area contributed by atoms with Crippen molar-refractivity contribution in [3.05, 3.63) is 52.6 Å². The van der Waals surface area contributed by atoms with E-state index in [0.717, 1.165) is 0 Å². The molecule has 154 valence electrons. The van der Waals surface area contributed by atoms with Crippen molar-refractivity contribution in [3.8, 4) is 11.5 Å². The summed E-state index contributed by atoms with van der Waals surface area (Å²) in [6, 6.07) is 10.8. The first-order valence-electron chi connectivity index (χ1n) is 8.57. The van der Waals surface area contributed by atoms with Crippen molar-refractivity contribution in [1.29, 1.82) is 0 Å². The Balaban J connectivity index is 1.90. The zero-order valence-electron chi connectivity index (χ0n) is 16.3. The number of nitrogens with zero attached hydrogens (tertiary/aromatic N) is 2. The van der Waals surface area contributed by atoms with Crippen LogP contribution in [0.5, 0.6) is 11.5 Å². The fourth-order valence-corrected chi connectivity index (χ4v) is 2.53. The minimum atomic E-state index is -0.553. The second-order valence-corrected chi connectivity index (χ2v) is 6.14. The van der Waals surface area contributed by atoms with Crippen LogP contribution in [-0.2, 0) is 9.59 Å². The lowest BCUT2D eigenvalue weighted by atomic mass is 10.2. The van der Waals surface area contributed by atoms with Crippen LogP contribution < -0.4 is 20.1 Å². The highest BCUT2D eigenvalue weighted by Gasteiger charge is 2.15. The van der Waals surface area contributed by atoms with Crippen LogP contribution in [0.1, 0.15) is 0 Å². The van der Waals surface area contributed by atoms with Crippen molar-refractivity contribution in [2.75, 3.05) is 45.0 Å². The molecule has 0 aromatic heterocycles. The predicted octanol–water partition coefficient (Wildman–Crippen LogP) is 2.12. The SMILES string of the molecule is COc1cccc(NC(=O)CN(C)CC(=O)Nc2ccc([N+](=O)[O-])cc2OC)c1. The molecule has 2 aromatic carbocycles. The third kappa shape index (κ3) is 6.47. The van der Waals surface area contributed by atoms with Gasteiger partial charge in [-0.2, -0.15) is 0 Å². The molecular formula is C19H22N4O6. The van der Waals surface area contributed by atoms with Crippen LogP contribution in [0.4, 0.5) is 17.1 Å². The first-order valence-corrected chi connectivity index (χ1v) is 8.57. The smallest absolute Gasteiger partial charge is 0.273 e. The topological polar surface area (TPSA) is 123 Å². The standard InChI is InChI=1S/C19H22N4O6/c1-22(11-18(24)20-13-5-4-6-15(9-13)28-2)12-19(25)21-16-8-7-14(23(26)27)10-17(16)29-3/h4-10H,11-12H2,1-3H3,(H,20,24)(H,21,25). The maximum Gasteiger partial charge on any atom is 0.273 e. The summed E-state index contributed by atoms with van der Waals surface area (Å²) >= 11 is 0. The van der Waals surface area contributed by atoms with Crippen molar-refractivity contribution in [2.45, 2.75) is 0 Å². The number of non-ortho nitro benzene ring substituents is 1.